The first-order chi connectivity index (χ1) is 14.0. The van der Waals surface area contributed by atoms with Gasteiger partial charge in [0.05, 0.1) is 6.16 Å². The van der Waals surface area contributed by atoms with Crippen molar-refractivity contribution in [3.05, 3.63) is 78.4 Å². The molecule has 2 N–H and O–H groups in total. The molecular weight excluding hydrogens is 403 g/mol. The quantitative estimate of drug-likeness (QED) is 0.340. The van der Waals surface area contributed by atoms with Crippen LogP contribution >= 0.6 is 20.2 Å². The van der Waals surface area contributed by atoms with Crippen molar-refractivity contribution in [1.29, 1.82) is 0 Å². The van der Waals surface area contributed by atoms with Gasteiger partial charge in [-0.1, -0.05) is 60.7 Å². The second kappa shape index (κ2) is 10.0. The van der Waals surface area contributed by atoms with Gasteiger partial charge in [-0.3, -0.25) is 4.57 Å². The van der Waals surface area contributed by atoms with Crippen LogP contribution in [0.15, 0.2) is 77.7 Å². The molecular formula is C23H23O4PS. The second-order valence-corrected chi connectivity index (χ2v) is 8.73. The van der Waals surface area contributed by atoms with Crippen LogP contribution in [-0.2, 0) is 15.8 Å². The zero-order valence-electron chi connectivity index (χ0n) is 15.9. The number of aryl methyl sites for hydroxylation is 1. The van der Waals surface area contributed by atoms with Crippen molar-refractivity contribution in [1.82, 2.24) is 0 Å². The smallest absolute Gasteiger partial charge is 0.336 e. The van der Waals surface area contributed by atoms with E-state index in [1.807, 2.05) is 66.7 Å². The average molecular weight is 426 g/mol. The Bertz CT molecular complexity index is 979. The summed E-state index contributed by atoms with van der Waals surface area (Å²) in [5, 5.41) is 22.8. The highest BCUT2D eigenvalue weighted by molar-refractivity contribution is 7.99. The van der Waals surface area contributed by atoms with Crippen molar-refractivity contribution in [3.8, 4) is 0 Å². The number of aliphatic hydroxyl groups is 1. The molecule has 0 aliphatic rings. The zero-order chi connectivity index (χ0) is 20.7. The van der Waals surface area contributed by atoms with Gasteiger partial charge in [-0.15, -0.1) is 11.8 Å². The molecule has 3 aromatic rings. The number of benzene rings is 3. The number of hydrogen-bond acceptors (Lipinski definition) is 4. The number of rotatable bonds is 10. The van der Waals surface area contributed by atoms with E-state index in [1.165, 1.54) is 11.8 Å². The Morgan fingerprint density at radius 1 is 1.00 bits per heavy atom. The summed E-state index contributed by atoms with van der Waals surface area (Å²) in [4.78, 5) is 12.9. The van der Waals surface area contributed by atoms with Crippen molar-refractivity contribution in [3.63, 3.8) is 0 Å². The number of thioether (sulfide) groups is 1. The first kappa shape index (κ1) is 21.5. The Morgan fingerprint density at radius 3 is 2.38 bits per heavy atom. The number of aliphatic carboxylic acids is 1. The molecule has 29 heavy (non-hydrogen) atoms. The van der Waals surface area contributed by atoms with Crippen LogP contribution in [-0.4, -0.2) is 33.7 Å². The van der Waals surface area contributed by atoms with Crippen molar-refractivity contribution >= 4 is 37.0 Å². The predicted octanol–water partition coefficient (Wildman–Crippen LogP) is 5.29. The highest BCUT2D eigenvalue weighted by Crippen LogP contribution is 2.33. The summed E-state index contributed by atoms with van der Waals surface area (Å²) >= 11 is 1.52. The summed E-state index contributed by atoms with van der Waals surface area (Å²) in [5.74, 6) is -1.44. The normalized spacial score (nSPS) is 14.5. The summed E-state index contributed by atoms with van der Waals surface area (Å²) in [6, 6.07) is 23.9. The number of carbonyl (C=O) groups is 1. The Labute approximate surface area is 176 Å². The third-order valence-corrected chi connectivity index (χ3v) is 6.92. The second-order valence-electron chi connectivity index (χ2n) is 7.06. The lowest BCUT2D eigenvalue weighted by Crippen LogP contribution is -2.49. The summed E-state index contributed by atoms with van der Waals surface area (Å²) in [5.41, 5.74) is -0.942. The maximum Gasteiger partial charge on any atom is 0.336 e. The third kappa shape index (κ3) is 5.45. The fraction of sp³-hybridized carbons (Fsp3) is 0.261. The maximum absolute atomic E-state index is 11.8. The molecule has 150 valence electrons. The van der Waals surface area contributed by atoms with Gasteiger partial charge in [0.15, 0.2) is 14.1 Å². The molecule has 0 amide bonds. The summed E-state index contributed by atoms with van der Waals surface area (Å²) in [6.07, 6.45) is 0.818. The minimum absolute atomic E-state index is 0.319. The summed E-state index contributed by atoms with van der Waals surface area (Å²) in [7, 11) is -0.373. The Morgan fingerprint density at radius 2 is 1.69 bits per heavy atom. The molecule has 0 saturated carbocycles. The minimum atomic E-state index is -2.03. The molecule has 2 atom stereocenters. The van der Waals surface area contributed by atoms with Gasteiger partial charge >= 0.3 is 5.97 Å². The molecule has 0 aromatic heterocycles. The van der Waals surface area contributed by atoms with Crippen LogP contribution in [0, 0.1) is 5.92 Å². The number of carboxylic acid groups (broad SMARTS) is 1. The van der Waals surface area contributed by atoms with Gasteiger partial charge in [0.2, 0.25) is 0 Å². The molecule has 6 heteroatoms. The lowest BCUT2D eigenvalue weighted by atomic mass is 9.85. The first-order valence-electron chi connectivity index (χ1n) is 9.43. The van der Waals surface area contributed by atoms with E-state index in [9.17, 15) is 19.6 Å². The predicted molar refractivity (Wildman–Crippen MR) is 118 cm³/mol. The average Bonchev–Trinajstić information content (AvgIpc) is 2.74. The largest absolute Gasteiger partial charge is 0.479 e. The van der Waals surface area contributed by atoms with E-state index in [0.29, 0.717) is 18.6 Å². The van der Waals surface area contributed by atoms with E-state index >= 15 is 0 Å². The highest BCUT2D eigenvalue weighted by Gasteiger charge is 2.44. The Hall–Kier alpha value is -2.20. The molecule has 3 aromatic carbocycles. The topological polar surface area (TPSA) is 74.6 Å². The van der Waals surface area contributed by atoms with Gasteiger partial charge < -0.3 is 10.2 Å². The number of carboxylic acids is 1. The number of fused-ring (bicyclic) bond motifs is 1. The molecule has 4 nitrogen and oxygen atoms in total. The van der Waals surface area contributed by atoms with Gasteiger partial charge in [0.25, 0.3) is 0 Å². The van der Waals surface area contributed by atoms with Crippen LogP contribution in [0.5, 0.6) is 0 Å². The van der Waals surface area contributed by atoms with Crippen LogP contribution in [0.4, 0.5) is 0 Å². The van der Waals surface area contributed by atoms with Gasteiger partial charge in [0, 0.05) is 16.6 Å². The SMILES string of the molecule is O=PCC(O)(C(=O)O)C(CCc1ccccc1)CSc1ccc2ccccc2c1. The van der Waals surface area contributed by atoms with E-state index in [-0.39, 0.29) is 14.6 Å². The van der Waals surface area contributed by atoms with Crippen molar-refractivity contribution in [2.75, 3.05) is 11.9 Å². The molecule has 2 unspecified atom stereocenters. The Kier molecular flexibility index (Phi) is 7.43. The van der Waals surface area contributed by atoms with Crippen molar-refractivity contribution in [2.24, 2.45) is 5.92 Å². The zero-order valence-corrected chi connectivity index (χ0v) is 17.6. The molecule has 0 spiro atoms. The van der Waals surface area contributed by atoms with Crippen LogP contribution in [0.1, 0.15) is 12.0 Å². The van der Waals surface area contributed by atoms with Crippen molar-refractivity contribution < 1.29 is 19.6 Å². The fourth-order valence-corrected chi connectivity index (χ4v) is 5.17. The standard InChI is InChI=1S/C23H23O4PS/c24-22(25)23(26,16-28-27)20(12-10-17-6-2-1-3-7-17)15-29-21-13-11-18-8-4-5-9-19(18)14-21/h1-9,11,13-14,20,26H,10,12,15-16H2,(H,24,25). The highest BCUT2D eigenvalue weighted by atomic mass is 32.2. The Balaban J connectivity index is 1.78. The van der Waals surface area contributed by atoms with Crippen LogP contribution in [0.25, 0.3) is 10.8 Å². The van der Waals surface area contributed by atoms with E-state index < -0.39 is 17.5 Å². The van der Waals surface area contributed by atoms with Crippen LogP contribution < -0.4 is 0 Å². The molecule has 0 fully saturated rings. The van der Waals surface area contributed by atoms with Crippen molar-refractivity contribution in [2.45, 2.75) is 23.3 Å². The van der Waals surface area contributed by atoms with Gasteiger partial charge in [0.1, 0.15) is 0 Å². The molecule has 0 aliphatic heterocycles. The van der Waals surface area contributed by atoms with Crippen LogP contribution in [0.2, 0.25) is 0 Å². The van der Waals surface area contributed by atoms with E-state index in [4.69, 9.17) is 0 Å². The third-order valence-electron chi connectivity index (χ3n) is 5.15. The molecule has 0 heterocycles. The van der Waals surface area contributed by atoms with Crippen LogP contribution in [0.3, 0.4) is 0 Å². The fourth-order valence-electron chi connectivity index (χ4n) is 3.37. The monoisotopic (exact) mass is 426 g/mol. The lowest BCUT2D eigenvalue weighted by Gasteiger charge is -2.30. The van der Waals surface area contributed by atoms with Gasteiger partial charge in [-0.25, -0.2) is 4.79 Å². The molecule has 0 bridgehead atoms. The molecule has 0 radical (unpaired) electrons. The molecule has 0 saturated heterocycles. The first-order valence-corrected chi connectivity index (χ1v) is 11.4. The van der Waals surface area contributed by atoms with Gasteiger partial charge in [-0.05, 0) is 41.3 Å². The van der Waals surface area contributed by atoms with E-state index in [1.54, 1.807) is 0 Å². The summed E-state index contributed by atoms with van der Waals surface area (Å²) in [6.45, 7) is 0. The van der Waals surface area contributed by atoms with Gasteiger partial charge in [-0.2, -0.15) is 0 Å². The molecule has 0 aliphatic carbocycles. The lowest BCUT2D eigenvalue weighted by molar-refractivity contribution is -0.161. The van der Waals surface area contributed by atoms with E-state index in [0.717, 1.165) is 21.2 Å². The minimum Gasteiger partial charge on any atom is -0.479 e. The maximum atomic E-state index is 11.8. The molecule has 3 rings (SSSR count). The van der Waals surface area contributed by atoms with E-state index in [2.05, 4.69) is 6.07 Å². The summed E-state index contributed by atoms with van der Waals surface area (Å²) < 4.78 is 11.2. The number of hydrogen-bond donors (Lipinski definition) is 2.